The molecule has 0 atom stereocenters. The SMILES string of the molecule is COc1nc(NS(=O)(=O)c2c[nH]c3nc(Cl)ccc23)ncc1OC(F)F. The van der Waals surface area contributed by atoms with Crippen molar-refractivity contribution >= 4 is 38.6 Å². The zero-order chi connectivity index (χ0) is 18.9. The smallest absolute Gasteiger partial charge is 0.387 e. The number of H-pyrrole nitrogens is 1. The topological polar surface area (TPSA) is 119 Å². The molecule has 138 valence electrons. The molecule has 0 spiro atoms. The second-order valence-corrected chi connectivity index (χ2v) is 6.77. The van der Waals surface area contributed by atoms with Crippen LogP contribution < -0.4 is 14.2 Å². The van der Waals surface area contributed by atoms with Crippen molar-refractivity contribution in [3.05, 3.63) is 29.7 Å². The number of alkyl halides is 2. The standard InChI is InChI=1S/C13H10ClF2N5O4S/c1-24-11-7(25-12(15)16)4-18-13(20-11)21-26(22,23)8-5-17-10-6(8)2-3-9(14)19-10/h2-5,12H,1H3,(H,17,19)(H,18,20,21). The molecule has 0 saturated heterocycles. The summed E-state index contributed by atoms with van der Waals surface area (Å²) in [5.41, 5.74) is 0.275. The first-order valence-electron chi connectivity index (χ1n) is 6.82. The van der Waals surface area contributed by atoms with Crippen LogP contribution in [-0.2, 0) is 10.0 Å². The van der Waals surface area contributed by atoms with E-state index in [0.29, 0.717) is 5.39 Å². The molecule has 0 radical (unpaired) electrons. The Kier molecular flexibility index (Phi) is 4.78. The van der Waals surface area contributed by atoms with Gasteiger partial charge in [0.1, 0.15) is 15.7 Å². The van der Waals surface area contributed by atoms with Gasteiger partial charge in [-0.05, 0) is 12.1 Å². The van der Waals surface area contributed by atoms with Crippen LogP contribution in [0.25, 0.3) is 11.0 Å². The van der Waals surface area contributed by atoms with E-state index in [9.17, 15) is 17.2 Å². The molecule has 0 fully saturated rings. The van der Waals surface area contributed by atoms with Crippen molar-refractivity contribution in [3.63, 3.8) is 0 Å². The molecule has 9 nitrogen and oxygen atoms in total. The Morgan fingerprint density at radius 3 is 2.77 bits per heavy atom. The van der Waals surface area contributed by atoms with Crippen LogP contribution in [0.5, 0.6) is 11.6 Å². The molecule has 0 aromatic carbocycles. The number of pyridine rings is 1. The van der Waals surface area contributed by atoms with Gasteiger partial charge in [0, 0.05) is 11.6 Å². The summed E-state index contributed by atoms with van der Waals surface area (Å²) in [6.07, 6.45) is 2.09. The van der Waals surface area contributed by atoms with Crippen LogP contribution in [0.3, 0.4) is 0 Å². The van der Waals surface area contributed by atoms with E-state index in [2.05, 4.69) is 29.4 Å². The number of hydrogen-bond donors (Lipinski definition) is 2. The summed E-state index contributed by atoms with van der Waals surface area (Å²) in [5, 5.41) is 0.491. The number of rotatable bonds is 6. The van der Waals surface area contributed by atoms with Crippen molar-refractivity contribution in [3.8, 4) is 11.6 Å². The third kappa shape index (κ3) is 3.60. The largest absolute Gasteiger partial charge is 0.478 e. The number of halogens is 3. The van der Waals surface area contributed by atoms with Gasteiger partial charge in [-0.1, -0.05) is 11.6 Å². The molecule has 0 saturated carbocycles. The molecule has 3 heterocycles. The van der Waals surface area contributed by atoms with E-state index >= 15 is 0 Å². The molecule has 0 aliphatic carbocycles. The summed E-state index contributed by atoms with van der Waals surface area (Å²) in [5.74, 6) is -1.18. The van der Waals surface area contributed by atoms with E-state index in [1.54, 1.807) is 0 Å². The Morgan fingerprint density at radius 2 is 2.08 bits per heavy atom. The molecule has 0 bridgehead atoms. The maximum absolute atomic E-state index is 12.6. The lowest BCUT2D eigenvalue weighted by Crippen LogP contribution is -2.15. The summed E-state index contributed by atoms with van der Waals surface area (Å²) in [6, 6.07) is 2.92. The van der Waals surface area contributed by atoms with Crippen LogP contribution in [0.1, 0.15) is 0 Å². The third-order valence-electron chi connectivity index (χ3n) is 3.11. The lowest BCUT2D eigenvalue weighted by Gasteiger charge is -2.10. The number of methoxy groups -OCH3 is 1. The fraction of sp³-hybridized carbons (Fsp3) is 0.154. The predicted octanol–water partition coefficient (Wildman–Crippen LogP) is 2.42. The van der Waals surface area contributed by atoms with Crippen molar-refractivity contribution < 1.29 is 26.7 Å². The van der Waals surface area contributed by atoms with Gasteiger partial charge in [-0.25, -0.2) is 23.1 Å². The minimum Gasteiger partial charge on any atom is -0.478 e. The van der Waals surface area contributed by atoms with Crippen LogP contribution in [0, 0.1) is 0 Å². The highest BCUT2D eigenvalue weighted by Crippen LogP contribution is 2.28. The molecule has 2 N–H and O–H groups in total. The van der Waals surface area contributed by atoms with E-state index in [-0.39, 0.29) is 27.5 Å². The number of fused-ring (bicyclic) bond motifs is 1. The normalized spacial score (nSPS) is 11.7. The number of ether oxygens (including phenoxy) is 2. The summed E-state index contributed by atoms with van der Waals surface area (Å²) in [6.45, 7) is -3.11. The van der Waals surface area contributed by atoms with Crippen LogP contribution in [0.15, 0.2) is 29.4 Å². The Bertz CT molecular complexity index is 1060. The first-order valence-corrected chi connectivity index (χ1v) is 8.68. The summed E-state index contributed by atoms with van der Waals surface area (Å²) < 4.78 is 60.8. The van der Waals surface area contributed by atoms with Crippen molar-refractivity contribution in [1.29, 1.82) is 0 Å². The van der Waals surface area contributed by atoms with Gasteiger partial charge in [0.2, 0.25) is 11.7 Å². The van der Waals surface area contributed by atoms with Gasteiger partial charge >= 0.3 is 6.61 Å². The number of sulfonamides is 1. The molecule has 0 unspecified atom stereocenters. The molecule has 3 aromatic heterocycles. The van der Waals surface area contributed by atoms with Crippen LogP contribution >= 0.6 is 11.6 Å². The highest BCUT2D eigenvalue weighted by molar-refractivity contribution is 7.93. The highest BCUT2D eigenvalue weighted by Gasteiger charge is 2.22. The van der Waals surface area contributed by atoms with Crippen molar-refractivity contribution in [2.24, 2.45) is 0 Å². The second kappa shape index (κ2) is 6.88. The third-order valence-corrected chi connectivity index (χ3v) is 4.69. The maximum atomic E-state index is 12.6. The average molecular weight is 406 g/mol. The Hall–Kier alpha value is -2.73. The minimum atomic E-state index is -4.10. The van der Waals surface area contributed by atoms with E-state index < -0.39 is 22.4 Å². The van der Waals surface area contributed by atoms with E-state index in [4.69, 9.17) is 16.3 Å². The summed E-state index contributed by atoms with van der Waals surface area (Å²) >= 11 is 5.76. The summed E-state index contributed by atoms with van der Waals surface area (Å²) in [4.78, 5) is 13.9. The number of aromatic amines is 1. The molecule has 0 aliphatic heterocycles. The molecule has 3 aromatic rings. The van der Waals surface area contributed by atoms with Crippen LogP contribution in [0.2, 0.25) is 5.15 Å². The quantitative estimate of drug-likeness (QED) is 0.604. The van der Waals surface area contributed by atoms with Gasteiger partial charge in [-0.2, -0.15) is 13.8 Å². The first kappa shape index (κ1) is 18.1. The predicted molar refractivity (Wildman–Crippen MR) is 87.1 cm³/mol. The Morgan fingerprint density at radius 1 is 1.31 bits per heavy atom. The monoisotopic (exact) mass is 405 g/mol. The van der Waals surface area contributed by atoms with Crippen LogP contribution in [-0.4, -0.2) is 42.1 Å². The van der Waals surface area contributed by atoms with Crippen molar-refractivity contribution in [2.45, 2.75) is 11.5 Å². The highest BCUT2D eigenvalue weighted by atomic mass is 35.5. The lowest BCUT2D eigenvalue weighted by atomic mass is 10.3. The molecule has 26 heavy (non-hydrogen) atoms. The molecule has 0 amide bonds. The second-order valence-electron chi connectivity index (χ2n) is 4.73. The van der Waals surface area contributed by atoms with E-state index in [1.807, 2.05) is 0 Å². The molecule has 13 heteroatoms. The average Bonchev–Trinajstić information content (AvgIpc) is 2.99. The van der Waals surface area contributed by atoms with E-state index in [0.717, 1.165) is 13.3 Å². The fourth-order valence-corrected chi connectivity index (χ4v) is 3.35. The van der Waals surface area contributed by atoms with Crippen molar-refractivity contribution in [2.75, 3.05) is 11.8 Å². The zero-order valence-electron chi connectivity index (χ0n) is 12.9. The first-order chi connectivity index (χ1) is 12.3. The lowest BCUT2D eigenvalue weighted by molar-refractivity contribution is -0.0518. The Labute approximate surface area is 150 Å². The minimum absolute atomic E-state index is 0.118. The Balaban J connectivity index is 1.94. The van der Waals surface area contributed by atoms with E-state index in [1.165, 1.54) is 18.3 Å². The van der Waals surface area contributed by atoms with Crippen LogP contribution in [0.4, 0.5) is 14.7 Å². The zero-order valence-corrected chi connectivity index (χ0v) is 14.5. The maximum Gasteiger partial charge on any atom is 0.387 e. The number of hydrogen-bond acceptors (Lipinski definition) is 7. The number of anilines is 1. The van der Waals surface area contributed by atoms with Gasteiger partial charge in [-0.3, -0.25) is 0 Å². The molecule has 0 aliphatic rings. The molecule has 3 rings (SSSR count). The number of aromatic nitrogens is 4. The van der Waals surface area contributed by atoms with Crippen molar-refractivity contribution in [1.82, 2.24) is 19.9 Å². The molecular formula is C13H10ClF2N5O4S. The summed E-state index contributed by atoms with van der Waals surface area (Å²) in [7, 11) is -2.94. The van der Waals surface area contributed by atoms with Gasteiger partial charge < -0.3 is 14.5 Å². The van der Waals surface area contributed by atoms with Gasteiger partial charge in [0.15, 0.2) is 0 Å². The number of nitrogens with zero attached hydrogens (tertiary/aromatic N) is 3. The van der Waals surface area contributed by atoms with Gasteiger partial charge in [-0.15, -0.1) is 0 Å². The number of nitrogens with one attached hydrogen (secondary N) is 2. The van der Waals surface area contributed by atoms with Gasteiger partial charge in [0.05, 0.1) is 13.3 Å². The molecular weight excluding hydrogens is 396 g/mol. The fourth-order valence-electron chi connectivity index (χ4n) is 2.08. The van der Waals surface area contributed by atoms with Gasteiger partial charge in [0.25, 0.3) is 15.9 Å².